The summed E-state index contributed by atoms with van der Waals surface area (Å²) in [6, 6.07) is 6.38. The molecule has 0 radical (unpaired) electrons. The number of benzene rings is 1. The van der Waals surface area contributed by atoms with Crippen LogP contribution in [0.25, 0.3) is 0 Å². The van der Waals surface area contributed by atoms with Crippen LogP contribution in [0.1, 0.15) is 23.5 Å². The predicted octanol–water partition coefficient (Wildman–Crippen LogP) is 2.71. The summed E-state index contributed by atoms with van der Waals surface area (Å²) in [5.41, 5.74) is 3.15. The van der Waals surface area contributed by atoms with Gasteiger partial charge in [0.05, 0.1) is 5.92 Å². The van der Waals surface area contributed by atoms with Gasteiger partial charge in [-0.15, -0.1) is 0 Å². The zero-order chi connectivity index (χ0) is 12.7. The standard InChI is InChI=1S/C14H17NO2S/c1-8-2-3-9-12(6-8)15-11-4-5-18-7-10(11)13(9)14(16)17/h2-3,6,10-11,13,15H,4-5,7H2,1H3,(H,16,17). The summed E-state index contributed by atoms with van der Waals surface area (Å²) in [7, 11) is 0. The normalized spacial score (nSPS) is 29.9. The Labute approximate surface area is 111 Å². The Balaban J connectivity index is 2.06. The number of thioether (sulfide) groups is 1. The second-order valence-corrected chi connectivity index (χ2v) is 6.33. The average Bonchev–Trinajstić information content (AvgIpc) is 2.35. The molecule has 96 valence electrons. The van der Waals surface area contributed by atoms with Crippen molar-refractivity contribution in [3.63, 3.8) is 0 Å². The van der Waals surface area contributed by atoms with Crippen LogP contribution in [0.2, 0.25) is 0 Å². The molecule has 2 aliphatic heterocycles. The SMILES string of the molecule is Cc1ccc2c(c1)NC1CCSCC1C2C(=O)O. The van der Waals surface area contributed by atoms with Gasteiger partial charge in [0.25, 0.3) is 0 Å². The van der Waals surface area contributed by atoms with Crippen molar-refractivity contribution in [2.24, 2.45) is 5.92 Å². The Kier molecular flexibility index (Phi) is 2.98. The third kappa shape index (κ3) is 1.88. The molecule has 3 rings (SSSR count). The number of fused-ring (bicyclic) bond motifs is 2. The number of aliphatic carboxylic acids is 1. The van der Waals surface area contributed by atoms with E-state index in [1.54, 1.807) is 0 Å². The summed E-state index contributed by atoms with van der Waals surface area (Å²) in [4.78, 5) is 11.6. The van der Waals surface area contributed by atoms with Crippen molar-refractivity contribution in [2.45, 2.75) is 25.3 Å². The maximum absolute atomic E-state index is 11.6. The van der Waals surface area contributed by atoms with Gasteiger partial charge in [0, 0.05) is 17.6 Å². The van der Waals surface area contributed by atoms with Gasteiger partial charge in [-0.3, -0.25) is 4.79 Å². The zero-order valence-electron chi connectivity index (χ0n) is 10.3. The minimum atomic E-state index is -0.681. The molecule has 3 nitrogen and oxygen atoms in total. The molecule has 1 aromatic rings. The largest absolute Gasteiger partial charge is 0.481 e. The number of carboxylic acid groups (broad SMARTS) is 1. The molecule has 3 atom stereocenters. The van der Waals surface area contributed by atoms with Crippen LogP contribution in [-0.2, 0) is 4.79 Å². The number of hydrogen-bond donors (Lipinski definition) is 2. The van der Waals surface area contributed by atoms with E-state index in [4.69, 9.17) is 0 Å². The topological polar surface area (TPSA) is 49.3 Å². The van der Waals surface area contributed by atoms with E-state index >= 15 is 0 Å². The molecular weight excluding hydrogens is 246 g/mol. The van der Waals surface area contributed by atoms with Crippen molar-refractivity contribution in [3.8, 4) is 0 Å². The lowest BCUT2D eigenvalue weighted by Crippen LogP contribution is -2.44. The Hall–Kier alpha value is -1.16. The van der Waals surface area contributed by atoms with Crippen molar-refractivity contribution in [1.29, 1.82) is 0 Å². The summed E-state index contributed by atoms with van der Waals surface area (Å²) in [6.45, 7) is 2.04. The molecule has 1 saturated heterocycles. The summed E-state index contributed by atoms with van der Waals surface area (Å²) in [5.74, 6) is 1.26. The average molecular weight is 263 g/mol. The molecule has 4 heteroatoms. The molecule has 1 fully saturated rings. The lowest BCUT2D eigenvalue weighted by Gasteiger charge is -2.41. The first kappa shape index (κ1) is 11.9. The third-order valence-corrected chi connectivity index (χ3v) is 5.12. The molecular formula is C14H17NO2S. The first-order valence-electron chi connectivity index (χ1n) is 6.34. The molecule has 0 spiro atoms. The van der Waals surface area contributed by atoms with E-state index in [2.05, 4.69) is 11.4 Å². The predicted molar refractivity (Wildman–Crippen MR) is 74.4 cm³/mol. The fourth-order valence-corrected chi connectivity index (χ4v) is 4.36. The van der Waals surface area contributed by atoms with Crippen molar-refractivity contribution in [1.82, 2.24) is 0 Å². The van der Waals surface area contributed by atoms with Crippen LogP contribution in [0.5, 0.6) is 0 Å². The summed E-state index contributed by atoms with van der Waals surface area (Å²) < 4.78 is 0. The van der Waals surface area contributed by atoms with Crippen molar-refractivity contribution in [2.75, 3.05) is 16.8 Å². The highest BCUT2D eigenvalue weighted by molar-refractivity contribution is 7.99. The van der Waals surface area contributed by atoms with Crippen LogP contribution in [0, 0.1) is 12.8 Å². The van der Waals surface area contributed by atoms with Crippen LogP contribution in [0.15, 0.2) is 18.2 Å². The Bertz CT molecular complexity index is 489. The lowest BCUT2D eigenvalue weighted by atomic mass is 9.77. The van der Waals surface area contributed by atoms with Crippen LogP contribution in [0.3, 0.4) is 0 Å². The van der Waals surface area contributed by atoms with Crippen molar-refractivity contribution >= 4 is 23.4 Å². The molecule has 0 saturated carbocycles. The molecule has 0 amide bonds. The maximum atomic E-state index is 11.6. The number of rotatable bonds is 1. The summed E-state index contributed by atoms with van der Waals surface area (Å²) in [6.07, 6.45) is 1.06. The highest BCUT2D eigenvalue weighted by Crippen LogP contribution is 2.43. The molecule has 0 aromatic heterocycles. The van der Waals surface area contributed by atoms with Gasteiger partial charge >= 0.3 is 5.97 Å². The second kappa shape index (κ2) is 4.50. The number of nitrogens with one attached hydrogen (secondary N) is 1. The van der Waals surface area contributed by atoms with Gasteiger partial charge in [-0.1, -0.05) is 12.1 Å². The molecule has 1 aromatic carbocycles. The lowest BCUT2D eigenvalue weighted by molar-refractivity contribution is -0.140. The first-order valence-corrected chi connectivity index (χ1v) is 7.50. The number of anilines is 1. The van der Waals surface area contributed by atoms with Crippen molar-refractivity contribution < 1.29 is 9.90 Å². The van der Waals surface area contributed by atoms with E-state index in [-0.39, 0.29) is 11.8 Å². The van der Waals surface area contributed by atoms with Gasteiger partial charge in [-0.25, -0.2) is 0 Å². The van der Waals surface area contributed by atoms with Gasteiger partial charge in [0.15, 0.2) is 0 Å². The Morgan fingerprint density at radius 3 is 3.11 bits per heavy atom. The molecule has 2 aliphatic rings. The monoisotopic (exact) mass is 263 g/mol. The fourth-order valence-electron chi connectivity index (χ4n) is 3.08. The number of carbonyl (C=O) groups is 1. The third-order valence-electron chi connectivity index (χ3n) is 3.98. The minimum absolute atomic E-state index is 0.219. The number of carboxylic acids is 1. The molecule has 0 bridgehead atoms. The van der Waals surface area contributed by atoms with E-state index in [1.807, 2.05) is 30.8 Å². The molecule has 3 unspecified atom stereocenters. The van der Waals surface area contributed by atoms with Crippen LogP contribution in [-0.4, -0.2) is 28.6 Å². The first-order chi connectivity index (χ1) is 8.66. The van der Waals surface area contributed by atoms with E-state index in [9.17, 15) is 9.90 Å². The Morgan fingerprint density at radius 2 is 2.33 bits per heavy atom. The van der Waals surface area contributed by atoms with E-state index in [0.717, 1.165) is 29.2 Å². The summed E-state index contributed by atoms with van der Waals surface area (Å²) >= 11 is 1.88. The Morgan fingerprint density at radius 1 is 1.50 bits per heavy atom. The van der Waals surface area contributed by atoms with E-state index in [0.29, 0.717) is 6.04 Å². The van der Waals surface area contributed by atoms with Crippen LogP contribution < -0.4 is 5.32 Å². The fraction of sp³-hybridized carbons (Fsp3) is 0.500. The van der Waals surface area contributed by atoms with Gasteiger partial charge in [0.1, 0.15) is 0 Å². The quantitative estimate of drug-likeness (QED) is 0.818. The van der Waals surface area contributed by atoms with Crippen LogP contribution >= 0.6 is 11.8 Å². The second-order valence-electron chi connectivity index (χ2n) is 5.18. The number of aryl methyl sites for hydroxylation is 1. The maximum Gasteiger partial charge on any atom is 0.311 e. The van der Waals surface area contributed by atoms with E-state index in [1.165, 1.54) is 5.56 Å². The van der Waals surface area contributed by atoms with E-state index < -0.39 is 5.97 Å². The molecule has 18 heavy (non-hydrogen) atoms. The molecule has 2 heterocycles. The van der Waals surface area contributed by atoms with Gasteiger partial charge in [-0.05, 0) is 42.0 Å². The molecule has 0 aliphatic carbocycles. The number of hydrogen-bond acceptors (Lipinski definition) is 3. The summed E-state index contributed by atoms with van der Waals surface area (Å²) in [5, 5.41) is 13.1. The van der Waals surface area contributed by atoms with Gasteiger partial charge < -0.3 is 10.4 Å². The minimum Gasteiger partial charge on any atom is -0.481 e. The van der Waals surface area contributed by atoms with Gasteiger partial charge in [0.2, 0.25) is 0 Å². The van der Waals surface area contributed by atoms with Gasteiger partial charge in [-0.2, -0.15) is 11.8 Å². The highest BCUT2D eigenvalue weighted by Gasteiger charge is 2.41. The molecule has 2 N–H and O–H groups in total. The van der Waals surface area contributed by atoms with Crippen molar-refractivity contribution in [3.05, 3.63) is 29.3 Å². The smallest absolute Gasteiger partial charge is 0.311 e. The van der Waals surface area contributed by atoms with Crippen LogP contribution in [0.4, 0.5) is 5.69 Å². The highest BCUT2D eigenvalue weighted by atomic mass is 32.2. The zero-order valence-corrected chi connectivity index (χ0v) is 11.2.